The summed E-state index contributed by atoms with van der Waals surface area (Å²) >= 11 is 5.83. The van der Waals surface area contributed by atoms with Gasteiger partial charge < -0.3 is 4.57 Å². The fourth-order valence-corrected chi connectivity index (χ4v) is 1.57. The number of aromatic nitrogens is 1. The van der Waals surface area contributed by atoms with Crippen LogP contribution >= 0.6 is 11.6 Å². The molecule has 0 unspecified atom stereocenters. The maximum Gasteiger partial charge on any atom is 0.110 e. The number of hydrogen-bond acceptors (Lipinski definition) is 1. The molecule has 2 nitrogen and oxygen atoms in total. The van der Waals surface area contributed by atoms with Gasteiger partial charge in [0.25, 0.3) is 0 Å². The van der Waals surface area contributed by atoms with Crippen LogP contribution in [-0.4, -0.2) is 4.57 Å². The molecule has 0 aliphatic rings. The van der Waals surface area contributed by atoms with Crippen molar-refractivity contribution in [2.45, 2.75) is 6.54 Å². The van der Waals surface area contributed by atoms with Crippen LogP contribution in [0.3, 0.4) is 0 Å². The third-order valence-corrected chi connectivity index (χ3v) is 2.21. The quantitative estimate of drug-likeness (QED) is 0.680. The van der Waals surface area contributed by atoms with E-state index in [4.69, 9.17) is 16.9 Å². The molecule has 13 heavy (non-hydrogen) atoms. The molecule has 64 valence electrons. The van der Waals surface area contributed by atoms with E-state index in [2.05, 4.69) is 6.07 Å². The smallest absolute Gasteiger partial charge is 0.110 e. The second kappa shape index (κ2) is 3.12. The first kappa shape index (κ1) is 8.15. The molecule has 0 radical (unpaired) electrons. The van der Waals surface area contributed by atoms with Gasteiger partial charge in [-0.3, -0.25) is 0 Å². The zero-order valence-corrected chi connectivity index (χ0v) is 7.62. The van der Waals surface area contributed by atoms with E-state index in [0.29, 0.717) is 6.54 Å². The third kappa shape index (κ3) is 1.39. The van der Waals surface area contributed by atoms with Gasteiger partial charge in [-0.1, -0.05) is 11.6 Å². The van der Waals surface area contributed by atoms with Crippen molar-refractivity contribution in [3.63, 3.8) is 0 Å². The Morgan fingerprint density at radius 2 is 2.23 bits per heavy atom. The molecule has 0 aliphatic heterocycles. The van der Waals surface area contributed by atoms with Gasteiger partial charge in [-0.2, -0.15) is 5.26 Å². The number of fused-ring (bicyclic) bond motifs is 1. The highest BCUT2D eigenvalue weighted by Gasteiger charge is 1.99. The minimum atomic E-state index is 0.380. The number of halogens is 1. The van der Waals surface area contributed by atoms with Crippen molar-refractivity contribution < 1.29 is 0 Å². The molecule has 0 saturated carbocycles. The summed E-state index contributed by atoms with van der Waals surface area (Å²) in [6, 6.07) is 9.71. The van der Waals surface area contributed by atoms with E-state index >= 15 is 0 Å². The Balaban J connectivity index is 2.63. The lowest BCUT2D eigenvalue weighted by molar-refractivity contribution is 0.874. The van der Waals surface area contributed by atoms with Crippen LogP contribution in [0.2, 0.25) is 5.02 Å². The lowest BCUT2D eigenvalue weighted by Crippen LogP contribution is -1.91. The molecule has 0 saturated heterocycles. The van der Waals surface area contributed by atoms with Gasteiger partial charge in [-0.25, -0.2) is 0 Å². The summed E-state index contributed by atoms with van der Waals surface area (Å²) in [4.78, 5) is 0. The highest BCUT2D eigenvalue weighted by Crippen LogP contribution is 2.20. The topological polar surface area (TPSA) is 28.7 Å². The monoisotopic (exact) mass is 190 g/mol. The second-order valence-corrected chi connectivity index (χ2v) is 3.24. The molecular weight excluding hydrogens is 184 g/mol. The molecule has 1 aromatic heterocycles. The predicted molar refractivity (Wildman–Crippen MR) is 52.6 cm³/mol. The Kier molecular flexibility index (Phi) is 1.96. The summed E-state index contributed by atoms with van der Waals surface area (Å²) in [5, 5.41) is 10.4. The van der Waals surface area contributed by atoms with Crippen molar-refractivity contribution in [2.24, 2.45) is 0 Å². The van der Waals surface area contributed by atoms with Crippen LogP contribution in [0.5, 0.6) is 0 Å². The summed E-state index contributed by atoms with van der Waals surface area (Å²) < 4.78 is 1.89. The maximum atomic E-state index is 8.56. The standard InChI is InChI=1S/C10H7ClN2/c11-9-1-2-10-8(7-9)3-5-13(10)6-4-12/h1-3,5,7H,6H2. The molecule has 0 fully saturated rings. The summed E-state index contributed by atoms with van der Waals surface area (Å²) in [6.45, 7) is 0.380. The second-order valence-electron chi connectivity index (χ2n) is 2.80. The van der Waals surface area contributed by atoms with Crippen molar-refractivity contribution >= 4 is 22.5 Å². The van der Waals surface area contributed by atoms with E-state index < -0.39 is 0 Å². The van der Waals surface area contributed by atoms with E-state index in [0.717, 1.165) is 15.9 Å². The van der Waals surface area contributed by atoms with Gasteiger partial charge in [0, 0.05) is 22.1 Å². The van der Waals surface area contributed by atoms with Crippen molar-refractivity contribution in [2.75, 3.05) is 0 Å². The van der Waals surface area contributed by atoms with Crippen LogP contribution in [0.1, 0.15) is 0 Å². The molecule has 3 heteroatoms. The van der Waals surface area contributed by atoms with Crippen LogP contribution in [0.4, 0.5) is 0 Å². The van der Waals surface area contributed by atoms with Gasteiger partial charge in [0.2, 0.25) is 0 Å². The maximum absolute atomic E-state index is 8.56. The lowest BCUT2D eigenvalue weighted by Gasteiger charge is -1.97. The molecule has 1 aromatic carbocycles. The Hall–Kier alpha value is -1.46. The number of rotatable bonds is 1. The zero-order valence-electron chi connectivity index (χ0n) is 6.87. The van der Waals surface area contributed by atoms with Gasteiger partial charge in [-0.15, -0.1) is 0 Å². The number of benzene rings is 1. The Labute approximate surface area is 81.0 Å². The molecular formula is C10H7ClN2. The fraction of sp³-hybridized carbons (Fsp3) is 0.100. The average molecular weight is 191 g/mol. The van der Waals surface area contributed by atoms with Crippen LogP contribution in [0, 0.1) is 11.3 Å². The van der Waals surface area contributed by atoms with Gasteiger partial charge in [0.05, 0.1) is 6.07 Å². The van der Waals surface area contributed by atoms with Crippen LogP contribution < -0.4 is 0 Å². The highest BCUT2D eigenvalue weighted by molar-refractivity contribution is 6.31. The third-order valence-electron chi connectivity index (χ3n) is 1.97. The van der Waals surface area contributed by atoms with E-state index in [1.165, 1.54) is 0 Å². The van der Waals surface area contributed by atoms with Crippen molar-refractivity contribution in [1.82, 2.24) is 4.57 Å². The Bertz CT molecular complexity index is 479. The van der Waals surface area contributed by atoms with E-state index in [-0.39, 0.29) is 0 Å². The number of nitriles is 1. The number of nitrogens with zero attached hydrogens (tertiary/aromatic N) is 2. The number of hydrogen-bond donors (Lipinski definition) is 0. The molecule has 2 rings (SSSR count). The van der Waals surface area contributed by atoms with Crippen LogP contribution in [0.25, 0.3) is 10.9 Å². The van der Waals surface area contributed by atoms with Gasteiger partial charge >= 0.3 is 0 Å². The van der Waals surface area contributed by atoms with Crippen molar-refractivity contribution in [1.29, 1.82) is 5.26 Å². The van der Waals surface area contributed by atoms with Crippen LogP contribution in [0.15, 0.2) is 30.5 Å². The first-order valence-corrected chi connectivity index (χ1v) is 4.30. The van der Waals surface area contributed by atoms with Crippen molar-refractivity contribution in [3.8, 4) is 6.07 Å². The van der Waals surface area contributed by atoms with Gasteiger partial charge in [-0.05, 0) is 24.3 Å². The first-order valence-electron chi connectivity index (χ1n) is 3.92. The summed E-state index contributed by atoms with van der Waals surface area (Å²) in [6.07, 6.45) is 1.89. The molecule has 0 bridgehead atoms. The Morgan fingerprint density at radius 3 is 3.00 bits per heavy atom. The first-order chi connectivity index (χ1) is 6.31. The molecule has 2 aromatic rings. The molecule has 0 atom stereocenters. The van der Waals surface area contributed by atoms with Gasteiger partial charge in [0.15, 0.2) is 0 Å². The highest BCUT2D eigenvalue weighted by atomic mass is 35.5. The largest absolute Gasteiger partial charge is 0.334 e. The SMILES string of the molecule is N#CCn1ccc2cc(Cl)ccc21. The molecule has 1 heterocycles. The fourth-order valence-electron chi connectivity index (χ4n) is 1.39. The molecule has 0 N–H and O–H groups in total. The molecule has 0 amide bonds. The zero-order chi connectivity index (χ0) is 9.26. The lowest BCUT2D eigenvalue weighted by atomic mass is 10.2. The normalized spacial score (nSPS) is 10.2. The van der Waals surface area contributed by atoms with Crippen LogP contribution in [-0.2, 0) is 6.54 Å². The minimum absolute atomic E-state index is 0.380. The van der Waals surface area contributed by atoms with E-state index in [9.17, 15) is 0 Å². The summed E-state index contributed by atoms with van der Waals surface area (Å²) in [7, 11) is 0. The van der Waals surface area contributed by atoms with E-state index in [1.54, 1.807) is 0 Å². The summed E-state index contributed by atoms with van der Waals surface area (Å²) in [5.74, 6) is 0. The predicted octanol–water partition coefficient (Wildman–Crippen LogP) is 2.82. The van der Waals surface area contributed by atoms with Gasteiger partial charge in [0.1, 0.15) is 6.54 Å². The Morgan fingerprint density at radius 1 is 1.38 bits per heavy atom. The van der Waals surface area contributed by atoms with Crippen molar-refractivity contribution in [3.05, 3.63) is 35.5 Å². The minimum Gasteiger partial charge on any atom is -0.334 e. The molecule has 0 aliphatic carbocycles. The molecule has 0 spiro atoms. The summed E-state index contributed by atoms with van der Waals surface area (Å²) in [5.41, 5.74) is 1.05. The van der Waals surface area contributed by atoms with E-state index in [1.807, 2.05) is 35.0 Å². The average Bonchev–Trinajstić information content (AvgIpc) is 2.49.